The van der Waals surface area contributed by atoms with E-state index in [0.29, 0.717) is 36.1 Å². The zero-order valence-electron chi connectivity index (χ0n) is 18.2. The number of primary amides is 1. The lowest BCUT2D eigenvalue weighted by Crippen LogP contribution is -2.40. The Balaban J connectivity index is 1.57. The molecular formula is C25H26FN3O3. The highest BCUT2D eigenvalue weighted by atomic mass is 19.1. The summed E-state index contributed by atoms with van der Waals surface area (Å²) in [5.41, 5.74) is 9.00. The van der Waals surface area contributed by atoms with Crippen LogP contribution in [0.5, 0.6) is 5.75 Å². The lowest BCUT2D eigenvalue weighted by molar-refractivity contribution is -0.131. The molecule has 0 radical (unpaired) electrons. The fraction of sp³-hybridized carbons (Fsp3) is 0.320. The van der Waals surface area contributed by atoms with Crippen molar-refractivity contribution < 1.29 is 18.7 Å². The third-order valence-corrected chi connectivity index (χ3v) is 6.05. The summed E-state index contributed by atoms with van der Waals surface area (Å²) < 4.78 is 18.9. The number of benzene rings is 2. The molecule has 2 aromatic carbocycles. The lowest BCUT2D eigenvalue weighted by atomic mass is 9.90. The van der Waals surface area contributed by atoms with Crippen LogP contribution in [-0.2, 0) is 11.2 Å². The Morgan fingerprint density at radius 2 is 2.03 bits per heavy atom. The van der Waals surface area contributed by atoms with E-state index >= 15 is 0 Å². The number of fused-ring (bicyclic) bond motifs is 1. The molecular weight excluding hydrogens is 409 g/mol. The summed E-state index contributed by atoms with van der Waals surface area (Å²) in [5.74, 6) is -0.285. The van der Waals surface area contributed by atoms with E-state index < -0.39 is 11.7 Å². The van der Waals surface area contributed by atoms with Gasteiger partial charge in [-0.05, 0) is 61.2 Å². The first-order valence-electron chi connectivity index (χ1n) is 10.7. The Labute approximate surface area is 186 Å². The third kappa shape index (κ3) is 4.42. The maximum Gasteiger partial charge on any atom is 0.250 e. The van der Waals surface area contributed by atoms with Crippen molar-refractivity contribution in [3.63, 3.8) is 0 Å². The van der Waals surface area contributed by atoms with Gasteiger partial charge in [0.2, 0.25) is 5.91 Å². The Hall–Kier alpha value is -3.48. The Morgan fingerprint density at radius 3 is 2.75 bits per heavy atom. The molecule has 0 spiro atoms. The molecule has 1 fully saturated rings. The summed E-state index contributed by atoms with van der Waals surface area (Å²) in [5, 5.41) is 0.529. The van der Waals surface area contributed by atoms with Gasteiger partial charge in [-0.3, -0.25) is 14.6 Å². The van der Waals surface area contributed by atoms with Gasteiger partial charge in [0.05, 0.1) is 30.3 Å². The van der Waals surface area contributed by atoms with Gasteiger partial charge in [-0.1, -0.05) is 12.1 Å². The van der Waals surface area contributed by atoms with Gasteiger partial charge in [-0.15, -0.1) is 0 Å². The summed E-state index contributed by atoms with van der Waals surface area (Å²) in [6.45, 7) is 3.08. The average molecular weight is 435 g/mol. The van der Waals surface area contributed by atoms with E-state index in [-0.39, 0.29) is 17.4 Å². The van der Waals surface area contributed by atoms with Gasteiger partial charge >= 0.3 is 0 Å². The first-order valence-corrected chi connectivity index (χ1v) is 10.7. The summed E-state index contributed by atoms with van der Waals surface area (Å²) in [7, 11) is 1.62. The molecule has 1 aliphatic rings. The molecule has 0 aliphatic carbocycles. The minimum absolute atomic E-state index is 0.0303. The molecule has 1 aromatic heterocycles. The van der Waals surface area contributed by atoms with E-state index in [2.05, 4.69) is 4.98 Å². The molecule has 2 amide bonds. The predicted octanol–water partition coefficient (Wildman–Crippen LogP) is 3.74. The van der Waals surface area contributed by atoms with Crippen molar-refractivity contribution in [1.82, 2.24) is 9.88 Å². The van der Waals surface area contributed by atoms with Gasteiger partial charge in [0.25, 0.3) is 5.91 Å². The second-order valence-electron chi connectivity index (χ2n) is 8.28. The minimum atomic E-state index is -0.601. The van der Waals surface area contributed by atoms with Crippen LogP contribution in [0.3, 0.4) is 0 Å². The number of carbonyl (C=O) groups excluding carboxylic acids is 2. The minimum Gasteiger partial charge on any atom is -0.496 e. The van der Waals surface area contributed by atoms with Crippen molar-refractivity contribution in [3.05, 3.63) is 70.7 Å². The number of hydrogen-bond acceptors (Lipinski definition) is 4. The number of rotatable bonds is 5. The molecule has 6 nitrogen and oxygen atoms in total. The molecule has 2 N–H and O–H groups in total. The van der Waals surface area contributed by atoms with Crippen LogP contribution in [0.4, 0.5) is 4.39 Å². The number of pyridine rings is 1. The smallest absolute Gasteiger partial charge is 0.250 e. The van der Waals surface area contributed by atoms with Gasteiger partial charge < -0.3 is 15.4 Å². The van der Waals surface area contributed by atoms with Crippen molar-refractivity contribution in [2.45, 2.75) is 32.1 Å². The number of halogens is 1. The third-order valence-electron chi connectivity index (χ3n) is 6.05. The number of hydrogen-bond donors (Lipinski definition) is 1. The molecule has 1 atom stereocenters. The monoisotopic (exact) mass is 435 g/mol. The molecule has 0 unspecified atom stereocenters. The lowest BCUT2D eigenvalue weighted by Gasteiger charge is -2.33. The summed E-state index contributed by atoms with van der Waals surface area (Å²) >= 11 is 0. The van der Waals surface area contributed by atoms with Gasteiger partial charge in [0.15, 0.2) is 0 Å². The fourth-order valence-electron chi connectivity index (χ4n) is 4.43. The van der Waals surface area contributed by atoms with Crippen LogP contribution in [0.1, 0.15) is 45.9 Å². The second kappa shape index (κ2) is 8.94. The standard InChI is InChI=1S/C25H26FN3O3/c1-15-10-16(5-8-22(15)32-2)11-23(30)29-9-3-4-17(14-29)24-20(25(27)31)13-18-12-19(26)6-7-21(18)28-24/h5-8,10,12-13,17H,3-4,9,11,14H2,1-2H3,(H2,27,31)/t17-/m1/s1. The largest absolute Gasteiger partial charge is 0.496 e. The van der Waals surface area contributed by atoms with Gasteiger partial charge in [-0.25, -0.2) is 4.39 Å². The van der Waals surface area contributed by atoms with E-state index in [1.54, 1.807) is 19.2 Å². The molecule has 166 valence electrons. The first kappa shape index (κ1) is 21.7. The van der Waals surface area contributed by atoms with Crippen molar-refractivity contribution in [2.24, 2.45) is 5.73 Å². The normalized spacial score (nSPS) is 16.2. The van der Waals surface area contributed by atoms with Crippen LogP contribution in [0, 0.1) is 12.7 Å². The fourth-order valence-corrected chi connectivity index (χ4v) is 4.43. The maximum absolute atomic E-state index is 13.6. The van der Waals surface area contributed by atoms with Crippen molar-refractivity contribution >= 4 is 22.7 Å². The Morgan fingerprint density at radius 1 is 1.22 bits per heavy atom. The van der Waals surface area contributed by atoms with Crippen LogP contribution in [-0.4, -0.2) is 41.9 Å². The number of likely N-dealkylation sites (tertiary alicyclic amines) is 1. The van der Waals surface area contributed by atoms with E-state index in [0.717, 1.165) is 29.7 Å². The molecule has 0 saturated carbocycles. The number of nitrogens with zero attached hydrogens (tertiary/aromatic N) is 2. The maximum atomic E-state index is 13.6. The molecule has 32 heavy (non-hydrogen) atoms. The zero-order valence-corrected chi connectivity index (χ0v) is 18.2. The summed E-state index contributed by atoms with van der Waals surface area (Å²) in [6.07, 6.45) is 1.90. The van der Waals surface area contributed by atoms with Gasteiger partial charge in [-0.2, -0.15) is 0 Å². The van der Waals surface area contributed by atoms with E-state index in [9.17, 15) is 14.0 Å². The second-order valence-corrected chi connectivity index (χ2v) is 8.28. The number of aromatic nitrogens is 1. The van der Waals surface area contributed by atoms with E-state index in [1.807, 2.05) is 30.0 Å². The highest BCUT2D eigenvalue weighted by Gasteiger charge is 2.29. The van der Waals surface area contributed by atoms with Crippen LogP contribution < -0.4 is 10.5 Å². The Bertz CT molecular complexity index is 1190. The molecule has 7 heteroatoms. The molecule has 1 saturated heterocycles. The predicted molar refractivity (Wildman–Crippen MR) is 120 cm³/mol. The highest BCUT2D eigenvalue weighted by Crippen LogP contribution is 2.31. The number of methoxy groups -OCH3 is 1. The van der Waals surface area contributed by atoms with Crippen molar-refractivity contribution in [2.75, 3.05) is 20.2 Å². The van der Waals surface area contributed by atoms with E-state index in [1.165, 1.54) is 12.1 Å². The van der Waals surface area contributed by atoms with Crippen LogP contribution in [0.25, 0.3) is 10.9 Å². The van der Waals surface area contributed by atoms with Gasteiger partial charge in [0, 0.05) is 24.4 Å². The average Bonchev–Trinajstić information content (AvgIpc) is 2.78. The molecule has 1 aliphatic heterocycles. The molecule has 4 rings (SSSR count). The topological polar surface area (TPSA) is 85.5 Å². The number of piperidine rings is 1. The van der Waals surface area contributed by atoms with Crippen LogP contribution in [0.15, 0.2) is 42.5 Å². The SMILES string of the molecule is COc1ccc(CC(=O)N2CCC[C@@H](c3nc4ccc(F)cc4cc3C(N)=O)C2)cc1C. The van der Waals surface area contributed by atoms with Gasteiger partial charge in [0.1, 0.15) is 11.6 Å². The number of carbonyl (C=O) groups is 2. The number of aryl methyl sites for hydroxylation is 1. The summed E-state index contributed by atoms with van der Waals surface area (Å²) in [4.78, 5) is 31.6. The molecule has 2 heterocycles. The molecule has 0 bridgehead atoms. The van der Waals surface area contributed by atoms with Crippen molar-refractivity contribution in [1.29, 1.82) is 0 Å². The Kier molecular flexibility index (Phi) is 6.08. The first-order chi connectivity index (χ1) is 15.4. The number of amides is 2. The zero-order chi connectivity index (χ0) is 22.8. The molecule has 3 aromatic rings. The summed E-state index contributed by atoms with van der Waals surface area (Å²) in [6, 6.07) is 11.6. The number of ether oxygens (including phenoxy) is 1. The van der Waals surface area contributed by atoms with Crippen LogP contribution >= 0.6 is 0 Å². The van der Waals surface area contributed by atoms with Crippen LogP contribution in [0.2, 0.25) is 0 Å². The van der Waals surface area contributed by atoms with E-state index in [4.69, 9.17) is 10.5 Å². The number of nitrogens with two attached hydrogens (primary N) is 1. The van der Waals surface area contributed by atoms with Crippen molar-refractivity contribution in [3.8, 4) is 5.75 Å². The quantitative estimate of drug-likeness (QED) is 0.662. The highest BCUT2D eigenvalue weighted by molar-refractivity contribution is 5.98.